The Morgan fingerprint density at radius 3 is 0.592 bits per heavy atom. The molecule has 0 atom stereocenters. The van der Waals surface area contributed by atoms with Gasteiger partial charge in [0, 0.05) is 11.5 Å². The highest BCUT2D eigenvalue weighted by atomic mass is 33.1. The van der Waals surface area contributed by atoms with Crippen LogP contribution in [0.25, 0.3) is 0 Å². The minimum atomic E-state index is -3.05. The second-order valence-electron chi connectivity index (χ2n) is 15.6. The minimum Gasteiger partial charge on any atom is -0.329 e. The van der Waals surface area contributed by atoms with Crippen molar-refractivity contribution >= 4 is 28.5 Å². The van der Waals surface area contributed by atoms with Crippen molar-refractivity contribution in [1.29, 1.82) is 0 Å². The third-order valence-electron chi connectivity index (χ3n) is 10.5. The van der Waals surface area contributed by atoms with Gasteiger partial charge in [0.25, 0.3) is 0 Å². The summed E-state index contributed by atoms with van der Waals surface area (Å²) in [6, 6.07) is 0. The first-order valence-corrected chi connectivity index (χ1v) is 27.6. The standard InChI is InChI=1S/C44H91O2PS2/c1-3-5-7-9-11-13-15-17-19-21-23-25-27-29-31-33-35-37-39-41-43-48-47(45,46)49-44-42-40-38-36-34-32-30-28-26-24-22-20-18-16-14-12-10-8-6-4-2/h3-44H2,1-2H3,(H,45,46). The Hall–Kier alpha value is 0.890. The van der Waals surface area contributed by atoms with Gasteiger partial charge in [-0.3, -0.25) is 4.57 Å². The van der Waals surface area contributed by atoms with Crippen LogP contribution in [0.1, 0.15) is 271 Å². The van der Waals surface area contributed by atoms with Crippen LogP contribution < -0.4 is 0 Å². The van der Waals surface area contributed by atoms with Crippen molar-refractivity contribution in [3.05, 3.63) is 0 Å². The molecule has 0 saturated carbocycles. The van der Waals surface area contributed by atoms with E-state index in [1.54, 1.807) is 0 Å². The van der Waals surface area contributed by atoms with Crippen LogP contribution in [0.4, 0.5) is 0 Å². The molecule has 2 nitrogen and oxygen atoms in total. The Morgan fingerprint density at radius 1 is 0.286 bits per heavy atom. The monoisotopic (exact) mass is 747 g/mol. The quantitative estimate of drug-likeness (QED) is 0.0498. The predicted octanol–water partition coefficient (Wildman–Crippen LogP) is 18.2. The molecule has 0 rings (SSSR count). The Labute approximate surface area is 318 Å². The smallest absolute Gasteiger partial charge is 0.310 e. The Bertz CT molecular complexity index is 596. The maximum Gasteiger partial charge on any atom is 0.310 e. The molecule has 0 aromatic carbocycles. The van der Waals surface area contributed by atoms with Crippen LogP contribution in [0.3, 0.4) is 0 Å². The summed E-state index contributed by atoms with van der Waals surface area (Å²) in [7, 11) is 0. The van der Waals surface area contributed by atoms with Crippen molar-refractivity contribution < 1.29 is 9.46 Å². The van der Waals surface area contributed by atoms with E-state index in [0.717, 1.165) is 24.3 Å². The lowest BCUT2D eigenvalue weighted by Crippen LogP contribution is -1.86. The highest BCUT2D eigenvalue weighted by molar-refractivity contribution is 8.88. The van der Waals surface area contributed by atoms with E-state index >= 15 is 0 Å². The average molecular weight is 747 g/mol. The summed E-state index contributed by atoms with van der Waals surface area (Å²) in [5.74, 6) is -1.36. The molecule has 0 saturated heterocycles. The number of rotatable bonds is 44. The lowest BCUT2D eigenvalue weighted by Gasteiger charge is -2.10. The Balaban J connectivity index is 3.24. The van der Waals surface area contributed by atoms with Crippen LogP contribution in [0.15, 0.2) is 0 Å². The molecule has 0 heterocycles. The van der Waals surface area contributed by atoms with Crippen molar-refractivity contribution in [1.82, 2.24) is 0 Å². The third-order valence-corrected chi connectivity index (χ3v) is 17.1. The molecular formula is C44H91O2PS2. The van der Waals surface area contributed by atoms with Gasteiger partial charge in [0.15, 0.2) is 0 Å². The van der Waals surface area contributed by atoms with Crippen LogP contribution in [0, 0.1) is 0 Å². The first-order valence-electron chi connectivity index (χ1n) is 22.7. The highest BCUT2D eigenvalue weighted by Gasteiger charge is 2.18. The topological polar surface area (TPSA) is 37.3 Å². The molecule has 0 aromatic heterocycles. The second-order valence-corrected chi connectivity index (χ2v) is 23.1. The summed E-state index contributed by atoms with van der Waals surface area (Å²) >= 11 is 2.67. The molecule has 0 unspecified atom stereocenters. The Morgan fingerprint density at radius 2 is 0.429 bits per heavy atom. The van der Waals surface area contributed by atoms with Crippen molar-refractivity contribution in [3.63, 3.8) is 0 Å². The zero-order valence-corrected chi connectivity index (χ0v) is 36.3. The molecule has 5 heteroatoms. The van der Waals surface area contributed by atoms with E-state index in [0.29, 0.717) is 0 Å². The molecule has 0 aliphatic heterocycles. The summed E-state index contributed by atoms with van der Waals surface area (Å²) < 4.78 is 12.5. The van der Waals surface area contributed by atoms with Crippen LogP contribution in [-0.2, 0) is 4.57 Å². The van der Waals surface area contributed by atoms with Gasteiger partial charge in [-0.15, -0.1) is 0 Å². The second kappa shape index (κ2) is 43.3. The van der Waals surface area contributed by atoms with Crippen molar-refractivity contribution in [3.8, 4) is 0 Å². The molecule has 0 bridgehead atoms. The van der Waals surface area contributed by atoms with Crippen molar-refractivity contribution in [2.45, 2.75) is 271 Å². The predicted molar refractivity (Wildman–Crippen MR) is 231 cm³/mol. The lowest BCUT2D eigenvalue weighted by molar-refractivity contribution is 0.514. The van der Waals surface area contributed by atoms with Crippen LogP contribution in [0.2, 0.25) is 0 Å². The van der Waals surface area contributed by atoms with E-state index in [1.165, 1.54) is 267 Å². The first-order chi connectivity index (χ1) is 24.1. The molecule has 0 aromatic rings. The number of hydrogen-bond donors (Lipinski definition) is 1. The van der Waals surface area contributed by atoms with Crippen molar-refractivity contribution in [2.24, 2.45) is 0 Å². The van der Waals surface area contributed by atoms with E-state index in [-0.39, 0.29) is 0 Å². The molecule has 1 N–H and O–H groups in total. The summed E-state index contributed by atoms with van der Waals surface area (Å²) in [5, 5.41) is 0. The minimum absolute atomic E-state index is 0.846. The van der Waals surface area contributed by atoms with Gasteiger partial charge in [-0.05, 0) is 12.8 Å². The van der Waals surface area contributed by atoms with E-state index in [2.05, 4.69) is 13.8 Å². The SMILES string of the molecule is CCCCCCCCCCCCCCCCCCCCCCSP(=O)(O)SCCCCCCCCCCCCCCCCCCCCCC. The molecule has 49 heavy (non-hydrogen) atoms. The van der Waals surface area contributed by atoms with E-state index in [9.17, 15) is 9.46 Å². The van der Waals surface area contributed by atoms with Crippen LogP contribution in [-0.4, -0.2) is 16.4 Å². The molecule has 0 aliphatic carbocycles. The summed E-state index contributed by atoms with van der Waals surface area (Å²) in [4.78, 5) is 10.3. The van der Waals surface area contributed by atoms with Gasteiger partial charge in [0.2, 0.25) is 0 Å². The van der Waals surface area contributed by atoms with Gasteiger partial charge in [-0.1, -0.05) is 281 Å². The number of unbranched alkanes of at least 4 members (excludes halogenated alkanes) is 38. The fraction of sp³-hybridized carbons (Fsp3) is 1.00. The van der Waals surface area contributed by atoms with Gasteiger partial charge in [0.05, 0.1) is 0 Å². The van der Waals surface area contributed by atoms with Gasteiger partial charge in [-0.25, -0.2) is 0 Å². The van der Waals surface area contributed by atoms with Crippen LogP contribution >= 0.6 is 28.5 Å². The van der Waals surface area contributed by atoms with E-state index in [4.69, 9.17) is 0 Å². The van der Waals surface area contributed by atoms with Crippen molar-refractivity contribution in [2.75, 3.05) is 11.5 Å². The molecule has 0 fully saturated rings. The molecule has 0 radical (unpaired) electrons. The summed E-state index contributed by atoms with van der Waals surface area (Å²) in [6.07, 6.45) is 55.8. The van der Waals surface area contributed by atoms with Gasteiger partial charge < -0.3 is 4.89 Å². The lowest BCUT2D eigenvalue weighted by atomic mass is 10.0. The molecule has 0 aliphatic rings. The molecular weight excluding hydrogens is 656 g/mol. The maximum atomic E-state index is 12.5. The van der Waals surface area contributed by atoms with E-state index in [1.807, 2.05) is 0 Å². The molecule has 0 spiro atoms. The fourth-order valence-corrected chi connectivity index (χ4v) is 12.7. The average Bonchev–Trinajstić information content (AvgIpc) is 3.09. The Kier molecular flexibility index (Phi) is 44.1. The maximum absolute atomic E-state index is 12.5. The largest absolute Gasteiger partial charge is 0.329 e. The van der Waals surface area contributed by atoms with E-state index < -0.39 is 5.77 Å². The third kappa shape index (κ3) is 45.0. The normalized spacial score (nSPS) is 12.0. The first kappa shape index (κ1) is 49.9. The number of hydrogen-bond acceptors (Lipinski definition) is 3. The summed E-state index contributed by atoms with van der Waals surface area (Å²) in [5.41, 5.74) is 0. The highest BCUT2D eigenvalue weighted by Crippen LogP contribution is 2.65. The molecule has 0 amide bonds. The fourth-order valence-electron chi connectivity index (χ4n) is 7.11. The van der Waals surface area contributed by atoms with Gasteiger partial charge >= 0.3 is 5.77 Å². The zero-order valence-electron chi connectivity index (χ0n) is 33.8. The summed E-state index contributed by atoms with van der Waals surface area (Å²) in [6.45, 7) is 4.59. The zero-order chi connectivity index (χ0) is 35.6. The van der Waals surface area contributed by atoms with Gasteiger partial charge in [0.1, 0.15) is 0 Å². The van der Waals surface area contributed by atoms with Crippen LogP contribution in [0.5, 0.6) is 0 Å². The molecule has 296 valence electrons. The van der Waals surface area contributed by atoms with Gasteiger partial charge in [-0.2, -0.15) is 0 Å².